The zero-order valence-electron chi connectivity index (χ0n) is 15.7. The van der Waals surface area contributed by atoms with Gasteiger partial charge in [-0.05, 0) is 38.0 Å². The third-order valence-electron chi connectivity index (χ3n) is 4.76. The second-order valence-corrected chi connectivity index (χ2v) is 6.72. The monoisotopic (exact) mass is 353 g/mol. The predicted octanol–water partition coefficient (Wildman–Crippen LogP) is 4.22. The summed E-state index contributed by atoms with van der Waals surface area (Å²) in [5, 5.41) is 3.08. The Labute approximate surface area is 155 Å². The van der Waals surface area contributed by atoms with E-state index in [0.29, 0.717) is 13.2 Å². The molecule has 0 unspecified atom stereocenters. The summed E-state index contributed by atoms with van der Waals surface area (Å²) in [4.78, 5) is 12.7. The molecule has 2 atom stereocenters. The van der Waals surface area contributed by atoms with Crippen LogP contribution in [0.25, 0.3) is 0 Å². The van der Waals surface area contributed by atoms with Crippen LogP contribution in [0.5, 0.6) is 11.5 Å². The Balaban J connectivity index is 1.74. The largest absolute Gasteiger partial charge is 0.494 e. The van der Waals surface area contributed by atoms with Crippen molar-refractivity contribution in [2.45, 2.75) is 52.2 Å². The molecule has 0 aromatic heterocycles. The lowest BCUT2D eigenvalue weighted by atomic mass is 9.95. The summed E-state index contributed by atoms with van der Waals surface area (Å²) < 4.78 is 11.7. The fourth-order valence-electron chi connectivity index (χ4n) is 3.47. The van der Waals surface area contributed by atoms with Gasteiger partial charge in [0.05, 0.1) is 12.5 Å². The molecule has 0 saturated carbocycles. The number of rotatable bonds is 7. The lowest BCUT2D eigenvalue weighted by molar-refractivity contribution is -0.122. The average Bonchev–Trinajstić information content (AvgIpc) is 3.00. The highest BCUT2D eigenvalue weighted by atomic mass is 16.5. The van der Waals surface area contributed by atoms with Gasteiger partial charge in [-0.15, -0.1) is 0 Å². The molecule has 2 aromatic carbocycles. The standard InChI is InChI=1S/C22H27NO3/c1-4-19(16-9-7-6-8-10-16)22(24)23-14-18-13-21-17(11-15(3)26-21)12-20(18)25-5-2/h6-10,12-13,15,19H,4-5,11,14H2,1-3H3,(H,23,24)/t15-,19+/m1/s1. The maximum absolute atomic E-state index is 12.7. The van der Waals surface area contributed by atoms with Gasteiger partial charge in [0, 0.05) is 24.1 Å². The number of benzene rings is 2. The molecule has 1 amide bonds. The third-order valence-corrected chi connectivity index (χ3v) is 4.76. The highest BCUT2D eigenvalue weighted by molar-refractivity contribution is 5.83. The first-order valence-corrected chi connectivity index (χ1v) is 9.40. The SMILES string of the molecule is CCOc1cc2c(cc1CNC(=O)[C@@H](CC)c1ccccc1)O[C@H](C)C2. The van der Waals surface area contributed by atoms with Crippen LogP contribution in [-0.2, 0) is 17.8 Å². The molecule has 0 fully saturated rings. The summed E-state index contributed by atoms with van der Waals surface area (Å²) in [5.41, 5.74) is 3.17. The lowest BCUT2D eigenvalue weighted by Gasteiger charge is -2.17. The Morgan fingerprint density at radius 2 is 2.04 bits per heavy atom. The zero-order chi connectivity index (χ0) is 18.5. The highest BCUT2D eigenvalue weighted by Gasteiger charge is 2.23. The van der Waals surface area contributed by atoms with Crippen molar-refractivity contribution in [3.8, 4) is 11.5 Å². The van der Waals surface area contributed by atoms with Gasteiger partial charge in [0.1, 0.15) is 17.6 Å². The van der Waals surface area contributed by atoms with E-state index in [4.69, 9.17) is 9.47 Å². The van der Waals surface area contributed by atoms with Crippen LogP contribution in [-0.4, -0.2) is 18.6 Å². The van der Waals surface area contributed by atoms with Crippen molar-refractivity contribution in [2.24, 2.45) is 0 Å². The van der Waals surface area contributed by atoms with E-state index in [-0.39, 0.29) is 17.9 Å². The molecule has 1 aliphatic heterocycles. The van der Waals surface area contributed by atoms with Crippen molar-refractivity contribution in [3.05, 3.63) is 59.2 Å². The van der Waals surface area contributed by atoms with Gasteiger partial charge in [-0.3, -0.25) is 4.79 Å². The van der Waals surface area contributed by atoms with E-state index in [1.54, 1.807) is 0 Å². The molecule has 138 valence electrons. The van der Waals surface area contributed by atoms with Crippen molar-refractivity contribution in [3.63, 3.8) is 0 Å². The van der Waals surface area contributed by atoms with Crippen LogP contribution in [0.2, 0.25) is 0 Å². The molecular weight excluding hydrogens is 326 g/mol. The van der Waals surface area contributed by atoms with E-state index in [2.05, 4.69) is 18.3 Å². The van der Waals surface area contributed by atoms with Crippen LogP contribution in [0.1, 0.15) is 49.8 Å². The molecule has 0 radical (unpaired) electrons. The fourth-order valence-corrected chi connectivity index (χ4v) is 3.47. The number of amides is 1. The van der Waals surface area contributed by atoms with Crippen molar-refractivity contribution in [2.75, 3.05) is 6.61 Å². The number of ether oxygens (including phenoxy) is 2. The molecule has 0 saturated heterocycles. The van der Waals surface area contributed by atoms with Gasteiger partial charge >= 0.3 is 0 Å². The number of fused-ring (bicyclic) bond motifs is 1. The molecule has 4 nitrogen and oxygen atoms in total. The Kier molecular flexibility index (Phi) is 5.82. The minimum atomic E-state index is -0.141. The molecule has 1 N–H and O–H groups in total. The number of nitrogens with one attached hydrogen (secondary N) is 1. The van der Waals surface area contributed by atoms with Crippen LogP contribution in [0, 0.1) is 0 Å². The third kappa shape index (κ3) is 4.01. The van der Waals surface area contributed by atoms with Crippen LogP contribution in [0.15, 0.2) is 42.5 Å². The second kappa shape index (κ2) is 8.26. The predicted molar refractivity (Wildman–Crippen MR) is 103 cm³/mol. The fraction of sp³-hybridized carbons (Fsp3) is 0.409. The van der Waals surface area contributed by atoms with E-state index in [0.717, 1.165) is 35.5 Å². The molecular formula is C22H27NO3. The Morgan fingerprint density at radius 3 is 2.73 bits per heavy atom. The normalized spacial score (nSPS) is 16.5. The van der Waals surface area contributed by atoms with Gasteiger partial charge in [0.15, 0.2) is 0 Å². The summed E-state index contributed by atoms with van der Waals surface area (Å²) >= 11 is 0. The van der Waals surface area contributed by atoms with Crippen LogP contribution in [0.3, 0.4) is 0 Å². The topological polar surface area (TPSA) is 47.6 Å². The lowest BCUT2D eigenvalue weighted by Crippen LogP contribution is -2.29. The average molecular weight is 353 g/mol. The maximum Gasteiger partial charge on any atom is 0.227 e. The van der Waals surface area contributed by atoms with E-state index in [1.807, 2.05) is 50.2 Å². The van der Waals surface area contributed by atoms with Gasteiger partial charge in [-0.1, -0.05) is 37.3 Å². The summed E-state index contributed by atoms with van der Waals surface area (Å²) in [5.74, 6) is 1.63. The quantitative estimate of drug-likeness (QED) is 0.811. The Hall–Kier alpha value is -2.49. The van der Waals surface area contributed by atoms with E-state index in [1.165, 1.54) is 5.56 Å². The molecule has 0 aliphatic carbocycles. The first-order valence-electron chi connectivity index (χ1n) is 9.40. The zero-order valence-corrected chi connectivity index (χ0v) is 15.7. The molecule has 4 heteroatoms. The van der Waals surface area contributed by atoms with Crippen LogP contribution in [0.4, 0.5) is 0 Å². The Bertz CT molecular complexity index is 757. The number of carbonyl (C=O) groups excluding carboxylic acids is 1. The molecule has 2 aromatic rings. The van der Waals surface area contributed by atoms with Crippen molar-refractivity contribution in [1.82, 2.24) is 5.32 Å². The smallest absolute Gasteiger partial charge is 0.227 e. The first-order chi connectivity index (χ1) is 12.6. The first kappa shape index (κ1) is 18.3. The van der Waals surface area contributed by atoms with Crippen LogP contribution >= 0.6 is 0 Å². The van der Waals surface area contributed by atoms with Crippen molar-refractivity contribution < 1.29 is 14.3 Å². The molecule has 1 aliphatic rings. The molecule has 0 spiro atoms. The van der Waals surface area contributed by atoms with E-state index < -0.39 is 0 Å². The van der Waals surface area contributed by atoms with Gasteiger partial charge in [-0.25, -0.2) is 0 Å². The van der Waals surface area contributed by atoms with Crippen molar-refractivity contribution >= 4 is 5.91 Å². The van der Waals surface area contributed by atoms with Gasteiger partial charge in [-0.2, -0.15) is 0 Å². The van der Waals surface area contributed by atoms with Gasteiger partial charge < -0.3 is 14.8 Å². The van der Waals surface area contributed by atoms with Gasteiger partial charge in [0.2, 0.25) is 5.91 Å². The Morgan fingerprint density at radius 1 is 1.27 bits per heavy atom. The molecule has 3 rings (SSSR count). The van der Waals surface area contributed by atoms with Gasteiger partial charge in [0.25, 0.3) is 0 Å². The van der Waals surface area contributed by atoms with Crippen molar-refractivity contribution in [1.29, 1.82) is 0 Å². The second-order valence-electron chi connectivity index (χ2n) is 6.72. The van der Waals surface area contributed by atoms with Crippen LogP contribution < -0.4 is 14.8 Å². The summed E-state index contributed by atoms with van der Waals surface area (Å²) in [7, 11) is 0. The van der Waals surface area contributed by atoms with E-state index in [9.17, 15) is 4.79 Å². The number of hydrogen-bond acceptors (Lipinski definition) is 3. The number of hydrogen-bond donors (Lipinski definition) is 1. The maximum atomic E-state index is 12.7. The number of carbonyl (C=O) groups is 1. The minimum absolute atomic E-state index is 0.0379. The van der Waals surface area contributed by atoms with E-state index >= 15 is 0 Å². The molecule has 1 heterocycles. The minimum Gasteiger partial charge on any atom is -0.494 e. The molecule has 0 bridgehead atoms. The summed E-state index contributed by atoms with van der Waals surface area (Å²) in [6, 6.07) is 14.0. The summed E-state index contributed by atoms with van der Waals surface area (Å²) in [6.07, 6.45) is 1.85. The molecule has 26 heavy (non-hydrogen) atoms. The summed E-state index contributed by atoms with van der Waals surface area (Å²) in [6.45, 7) is 7.10. The highest BCUT2D eigenvalue weighted by Crippen LogP contribution is 2.35.